The summed E-state index contributed by atoms with van der Waals surface area (Å²) in [6.07, 6.45) is 0.909. The molecule has 1 rings (SSSR count). The molecule has 0 bridgehead atoms. The van der Waals surface area contributed by atoms with E-state index in [1.165, 1.54) is 6.07 Å². The fraction of sp³-hybridized carbons (Fsp3) is 0.333. The van der Waals surface area contributed by atoms with Gasteiger partial charge in [0.05, 0.1) is 5.56 Å². The number of hydrogen-bond acceptors (Lipinski definition) is 3. The second-order valence-corrected chi connectivity index (χ2v) is 3.88. The third-order valence-corrected chi connectivity index (χ3v) is 2.44. The molecule has 6 heteroatoms. The number of hydrogen-bond donors (Lipinski definition) is 3. The molecule has 0 unspecified atom stereocenters. The highest BCUT2D eigenvalue weighted by Crippen LogP contribution is 2.13. The number of benzene rings is 1. The molecule has 0 fully saturated rings. The van der Waals surface area contributed by atoms with Crippen molar-refractivity contribution in [2.45, 2.75) is 25.8 Å². The number of amides is 1. The van der Waals surface area contributed by atoms with Gasteiger partial charge >= 0.3 is 5.97 Å². The van der Waals surface area contributed by atoms with Crippen molar-refractivity contribution in [2.75, 3.05) is 5.73 Å². The van der Waals surface area contributed by atoms with Gasteiger partial charge in [-0.3, -0.25) is 4.79 Å². The molecule has 0 saturated heterocycles. The van der Waals surface area contributed by atoms with Crippen LogP contribution >= 0.6 is 0 Å². The number of carboxylic acids is 1. The number of rotatable bonds is 5. The van der Waals surface area contributed by atoms with Gasteiger partial charge in [-0.2, -0.15) is 0 Å². The van der Waals surface area contributed by atoms with Crippen LogP contribution in [0.25, 0.3) is 0 Å². The molecular weight excluding hydrogens is 239 g/mol. The van der Waals surface area contributed by atoms with E-state index >= 15 is 0 Å². The fourth-order valence-corrected chi connectivity index (χ4v) is 1.51. The Morgan fingerprint density at radius 3 is 2.72 bits per heavy atom. The Morgan fingerprint density at radius 1 is 1.50 bits per heavy atom. The molecule has 1 aromatic carbocycles. The molecule has 1 amide bonds. The van der Waals surface area contributed by atoms with E-state index in [1.54, 1.807) is 6.92 Å². The molecule has 5 nitrogen and oxygen atoms in total. The van der Waals surface area contributed by atoms with Gasteiger partial charge in [0, 0.05) is 5.69 Å². The zero-order valence-electron chi connectivity index (χ0n) is 9.94. The Morgan fingerprint density at radius 2 is 2.17 bits per heavy atom. The van der Waals surface area contributed by atoms with E-state index in [-0.39, 0.29) is 11.3 Å². The van der Waals surface area contributed by atoms with Crippen LogP contribution in [-0.2, 0) is 4.79 Å². The van der Waals surface area contributed by atoms with Crippen LogP contribution in [0.4, 0.5) is 10.1 Å². The highest BCUT2D eigenvalue weighted by atomic mass is 19.1. The third kappa shape index (κ3) is 3.44. The van der Waals surface area contributed by atoms with Crippen LogP contribution in [0.15, 0.2) is 18.2 Å². The topological polar surface area (TPSA) is 92.4 Å². The van der Waals surface area contributed by atoms with Crippen molar-refractivity contribution in [1.29, 1.82) is 0 Å². The minimum Gasteiger partial charge on any atom is -0.480 e. The summed E-state index contributed by atoms with van der Waals surface area (Å²) in [5.74, 6) is -2.41. The lowest BCUT2D eigenvalue weighted by Gasteiger charge is -2.14. The van der Waals surface area contributed by atoms with Gasteiger partial charge in [0.2, 0.25) is 0 Å². The molecule has 4 N–H and O–H groups in total. The zero-order chi connectivity index (χ0) is 13.7. The number of carbonyl (C=O) groups excluding carboxylic acids is 1. The first kappa shape index (κ1) is 14.0. The molecule has 1 aromatic rings. The number of nitrogens with two attached hydrogens (primary N) is 1. The maximum atomic E-state index is 13.0. The minimum absolute atomic E-state index is 0.0580. The maximum absolute atomic E-state index is 13.0. The number of halogens is 1. The van der Waals surface area contributed by atoms with Gasteiger partial charge in [-0.15, -0.1) is 0 Å². The molecule has 0 aliphatic carbocycles. The Labute approximate surface area is 104 Å². The lowest BCUT2D eigenvalue weighted by atomic mass is 10.1. The van der Waals surface area contributed by atoms with Gasteiger partial charge in [-0.05, 0) is 24.6 Å². The highest BCUT2D eigenvalue weighted by molar-refractivity contribution is 6.00. The summed E-state index contributed by atoms with van der Waals surface area (Å²) in [6.45, 7) is 1.80. The van der Waals surface area contributed by atoms with Crippen LogP contribution in [0.2, 0.25) is 0 Å². The Hall–Kier alpha value is -2.11. The first-order valence-electron chi connectivity index (χ1n) is 5.54. The molecule has 0 aliphatic rings. The van der Waals surface area contributed by atoms with Gasteiger partial charge in [0.1, 0.15) is 11.9 Å². The third-order valence-electron chi connectivity index (χ3n) is 2.44. The molecule has 0 aromatic heterocycles. The van der Waals surface area contributed by atoms with E-state index in [0.717, 1.165) is 12.1 Å². The molecule has 0 heterocycles. The Balaban J connectivity index is 2.86. The largest absolute Gasteiger partial charge is 0.480 e. The first-order valence-corrected chi connectivity index (χ1v) is 5.54. The van der Waals surface area contributed by atoms with Gasteiger partial charge in [0.25, 0.3) is 5.91 Å². The average molecular weight is 254 g/mol. The van der Waals surface area contributed by atoms with Gasteiger partial charge < -0.3 is 16.2 Å². The summed E-state index contributed by atoms with van der Waals surface area (Å²) in [5.41, 5.74) is 5.59. The fourth-order valence-electron chi connectivity index (χ4n) is 1.51. The number of carboxylic acid groups (broad SMARTS) is 1. The molecule has 1 atom stereocenters. The smallest absolute Gasteiger partial charge is 0.326 e. The van der Waals surface area contributed by atoms with Gasteiger partial charge in [0.15, 0.2) is 0 Å². The molecule has 0 saturated carbocycles. The quantitative estimate of drug-likeness (QED) is 0.692. The SMILES string of the molecule is CCC[C@H](NC(=O)c1cc(F)ccc1N)C(=O)O. The van der Waals surface area contributed by atoms with E-state index in [2.05, 4.69) is 5.32 Å². The molecular formula is C12H15FN2O3. The van der Waals surface area contributed by atoms with E-state index < -0.39 is 23.7 Å². The molecule has 0 spiro atoms. The van der Waals surface area contributed by atoms with Crippen LogP contribution < -0.4 is 11.1 Å². The molecule has 18 heavy (non-hydrogen) atoms. The highest BCUT2D eigenvalue weighted by Gasteiger charge is 2.20. The minimum atomic E-state index is -1.12. The lowest BCUT2D eigenvalue weighted by Crippen LogP contribution is -2.40. The Bertz CT molecular complexity index is 463. The van der Waals surface area contributed by atoms with E-state index in [1.807, 2.05) is 0 Å². The van der Waals surface area contributed by atoms with Crippen LogP contribution in [0.3, 0.4) is 0 Å². The van der Waals surface area contributed by atoms with Crippen molar-refractivity contribution < 1.29 is 19.1 Å². The predicted octanol–water partition coefficient (Wildman–Crippen LogP) is 1.39. The summed E-state index contributed by atoms with van der Waals surface area (Å²) in [5, 5.41) is 11.2. The monoisotopic (exact) mass is 254 g/mol. The number of aliphatic carboxylic acids is 1. The molecule has 98 valence electrons. The number of nitrogens with one attached hydrogen (secondary N) is 1. The second-order valence-electron chi connectivity index (χ2n) is 3.88. The second kappa shape index (κ2) is 6.00. The maximum Gasteiger partial charge on any atom is 0.326 e. The summed E-state index contributed by atoms with van der Waals surface area (Å²) < 4.78 is 13.0. The van der Waals surface area contributed by atoms with Crippen LogP contribution in [0.5, 0.6) is 0 Å². The molecule has 0 radical (unpaired) electrons. The van der Waals surface area contributed by atoms with Crippen LogP contribution in [0, 0.1) is 5.82 Å². The number of anilines is 1. The number of nitrogen functional groups attached to an aromatic ring is 1. The van der Waals surface area contributed by atoms with Gasteiger partial charge in [-0.25, -0.2) is 9.18 Å². The average Bonchev–Trinajstić information content (AvgIpc) is 2.31. The Kier molecular flexibility index (Phi) is 4.65. The summed E-state index contributed by atoms with van der Waals surface area (Å²) >= 11 is 0. The van der Waals surface area contributed by atoms with Gasteiger partial charge in [-0.1, -0.05) is 13.3 Å². The number of carbonyl (C=O) groups is 2. The van der Waals surface area contributed by atoms with E-state index in [9.17, 15) is 14.0 Å². The van der Waals surface area contributed by atoms with E-state index in [0.29, 0.717) is 12.8 Å². The summed E-state index contributed by atoms with van der Waals surface area (Å²) in [4.78, 5) is 22.7. The van der Waals surface area contributed by atoms with Crippen molar-refractivity contribution in [2.24, 2.45) is 0 Å². The van der Waals surface area contributed by atoms with Crippen molar-refractivity contribution >= 4 is 17.6 Å². The molecule has 0 aliphatic heterocycles. The van der Waals surface area contributed by atoms with E-state index in [4.69, 9.17) is 10.8 Å². The summed E-state index contributed by atoms with van der Waals surface area (Å²) in [7, 11) is 0. The standard InChI is InChI=1S/C12H15FN2O3/c1-2-3-10(12(17)18)15-11(16)8-6-7(13)4-5-9(8)14/h4-6,10H,2-3,14H2,1H3,(H,15,16)(H,17,18)/t10-/m0/s1. The predicted molar refractivity (Wildman–Crippen MR) is 64.6 cm³/mol. The lowest BCUT2D eigenvalue weighted by molar-refractivity contribution is -0.139. The van der Waals surface area contributed by atoms with Crippen LogP contribution in [-0.4, -0.2) is 23.0 Å². The van der Waals surface area contributed by atoms with Crippen molar-refractivity contribution in [3.05, 3.63) is 29.6 Å². The van der Waals surface area contributed by atoms with Crippen LogP contribution in [0.1, 0.15) is 30.1 Å². The zero-order valence-corrected chi connectivity index (χ0v) is 9.94. The normalized spacial score (nSPS) is 11.9. The van der Waals surface area contributed by atoms with Crippen molar-refractivity contribution in [3.8, 4) is 0 Å². The van der Waals surface area contributed by atoms with Crippen molar-refractivity contribution in [1.82, 2.24) is 5.32 Å². The van der Waals surface area contributed by atoms with Crippen molar-refractivity contribution in [3.63, 3.8) is 0 Å². The summed E-state index contributed by atoms with van der Waals surface area (Å²) in [6, 6.07) is 2.38. The first-order chi connectivity index (χ1) is 8.45.